The van der Waals surface area contributed by atoms with Crippen LogP contribution in [0.2, 0.25) is 0 Å². The van der Waals surface area contributed by atoms with Gasteiger partial charge in [-0.1, -0.05) is 34.1 Å². The third-order valence-corrected chi connectivity index (χ3v) is 31.5. The van der Waals surface area contributed by atoms with Gasteiger partial charge in [0.2, 0.25) is 17.7 Å². The summed E-state index contributed by atoms with van der Waals surface area (Å²) < 4.78 is 9.64. The van der Waals surface area contributed by atoms with Crippen LogP contribution in [0.5, 0.6) is 0 Å². The zero-order chi connectivity index (χ0) is 99.2. The highest BCUT2D eigenvalue weighted by Gasteiger charge is 2.38. The number of nitrogens with one attached hydrogen (secondary N) is 5. The number of ether oxygens (including phenoxy) is 1. The molecule has 0 heterocycles. The molecule has 0 saturated carbocycles. The van der Waals surface area contributed by atoms with E-state index >= 15 is 0 Å². The first-order chi connectivity index (χ1) is 60.4. The number of halogens is 12. The second-order valence-corrected chi connectivity index (χ2v) is 41.5. The number of nitrogens with zero attached hydrogens (tertiary/aromatic N) is 3. The van der Waals surface area contributed by atoms with Gasteiger partial charge in [0.1, 0.15) is 12.7 Å². The molecule has 4 rings (SSSR count). The number of hydrogen-bond donors (Lipinski definition) is 21. The van der Waals surface area contributed by atoms with E-state index in [1.54, 1.807) is 13.8 Å². The highest BCUT2D eigenvalue weighted by Crippen LogP contribution is 2.43. The number of hydrogen-bond acceptors (Lipinski definition) is 29. The maximum atomic E-state index is 13.2. The van der Waals surface area contributed by atoms with Crippen molar-refractivity contribution in [1.82, 2.24) is 20.9 Å². The van der Waals surface area contributed by atoms with E-state index < -0.39 is 142 Å². The predicted molar refractivity (Wildman–Crippen MR) is 581 cm³/mol. The van der Waals surface area contributed by atoms with Crippen LogP contribution in [0.4, 0.5) is 22.7 Å². The number of aliphatic hydroxyl groups is 16. The average Bonchev–Trinajstić information content (AvgIpc) is 0.780. The van der Waals surface area contributed by atoms with Crippen molar-refractivity contribution in [3.8, 4) is 0 Å². The monoisotopic (exact) mass is 3170 g/mol. The van der Waals surface area contributed by atoms with Gasteiger partial charge in [-0.2, -0.15) is 0 Å². The molecule has 37 nitrogen and oxygen atoms in total. The van der Waals surface area contributed by atoms with E-state index in [0.717, 1.165) is 0 Å². The highest BCUT2D eigenvalue weighted by molar-refractivity contribution is 14.1. The number of carbonyl (C=O) groups is 12. The number of benzene rings is 4. The summed E-state index contributed by atoms with van der Waals surface area (Å²) >= 11 is 23.0. The van der Waals surface area contributed by atoms with Gasteiger partial charge in [-0.3, -0.25) is 57.5 Å². The molecule has 0 aliphatic rings. The zero-order valence-electron chi connectivity index (χ0n) is 71.3. The SMILES string of the molecule is CCC(CO)CC(=O)c1c(I)c(NC(=O)[C@H](C)O)c(I)c(C(=O)NC(CO)CO)c1I.CCC(O)CCC(=O)c1c(I)c(C(=O)CCCO)c(I)c(N(CC(O)CO)C(C)=O)c1I.CCC(O)CCC(=O)c1c(I)c(C(=O)NCC(O)CO)c(I)c(N(CC(O)CO)C(C)=O)c1I.CCC(O)CNC(=O)c1c(I)c(NC(=O)COC)c(I)c(C(=O)N(C)CC(O)CO)c1I. The summed E-state index contributed by atoms with van der Waals surface area (Å²) in [5.74, 6) is -5.68. The number of rotatable bonds is 48. The molecular formula is C80H108I12N8O29. The van der Waals surface area contributed by atoms with Gasteiger partial charge in [-0.15, -0.1) is 0 Å². The maximum Gasteiger partial charge on any atom is 0.255 e. The first-order valence-corrected chi connectivity index (χ1v) is 52.4. The molecule has 0 bridgehead atoms. The number of likely N-dealkylation sites (N-methyl/N-ethyl adjacent to an activating group) is 1. The molecule has 0 aliphatic carbocycles. The van der Waals surface area contributed by atoms with Gasteiger partial charge in [0, 0.05) is 137 Å². The van der Waals surface area contributed by atoms with Crippen LogP contribution in [-0.4, -0.2) is 318 Å². The highest BCUT2D eigenvalue weighted by atomic mass is 127. The zero-order valence-corrected chi connectivity index (χ0v) is 97.2. The summed E-state index contributed by atoms with van der Waals surface area (Å²) in [4.78, 5) is 158. The molecule has 9 atom stereocenters. The minimum absolute atomic E-state index is 0.0185. The number of methoxy groups -OCH3 is 1. The quantitative estimate of drug-likeness (QED) is 0.0167. The molecule has 0 aromatic heterocycles. The van der Waals surface area contributed by atoms with E-state index in [1.165, 1.54) is 49.6 Å². The van der Waals surface area contributed by atoms with E-state index in [1.807, 2.05) is 285 Å². The molecule has 8 amide bonds. The third kappa shape index (κ3) is 38.4. The minimum atomic E-state index is -1.31. The Morgan fingerprint density at radius 1 is 0.388 bits per heavy atom. The van der Waals surface area contributed by atoms with Crippen LogP contribution in [0.1, 0.15) is 202 Å². The van der Waals surface area contributed by atoms with E-state index in [4.69, 9.17) is 20.1 Å². The van der Waals surface area contributed by atoms with Crippen molar-refractivity contribution in [2.75, 3.05) is 127 Å². The van der Waals surface area contributed by atoms with Gasteiger partial charge in [0.05, 0.1) is 161 Å². The minimum Gasteiger partial charge on any atom is -0.396 e. The van der Waals surface area contributed by atoms with Gasteiger partial charge in [0.15, 0.2) is 23.1 Å². The molecular weight excluding hydrogens is 3060 g/mol. The second-order valence-electron chi connectivity index (χ2n) is 28.6. The van der Waals surface area contributed by atoms with Crippen LogP contribution in [-0.2, 0) is 23.9 Å². The summed E-state index contributed by atoms with van der Waals surface area (Å²) in [7, 11) is 2.84. The van der Waals surface area contributed by atoms with Crippen LogP contribution in [0.25, 0.3) is 0 Å². The van der Waals surface area contributed by atoms with Crippen molar-refractivity contribution in [3.63, 3.8) is 0 Å². The third-order valence-electron chi connectivity index (χ3n) is 18.6. The van der Waals surface area contributed by atoms with Gasteiger partial charge >= 0.3 is 0 Å². The molecule has 129 heavy (non-hydrogen) atoms. The Morgan fingerprint density at radius 3 is 1.11 bits per heavy atom. The fourth-order valence-corrected chi connectivity index (χ4v) is 29.8. The molecule has 21 N–H and O–H groups in total. The first-order valence-electron chi connectivity index (χ1n) is 39.5. The van der Waals surface area contributed by atoms with E-state index in [9.17, 15) is 124 Å². The summed E-state index contributed by atoms with van der Waals surface area (Å²) in [6.07, 6.45) is -5.00. The van der Waals surface area contributed by atoms with Gasteiger partial charge in [-0.05, 0) is 322 Å². The van der Waals surface area contributed by atoms with Crippen LogP contribution in [0.15, 0.2) is 0 Å². The summed E-state index contributed by atoms with van der Waals surface area (Å²) in [6.45, 7) is 6.66. The molecule has 4 aromatic rings. The lowest BCUT2D eigenvalue weighted by Crippen LogP contribution is -2.41. The predicted octanol–water partition coefficient (Wildman–Crippen LogP) is 6.42. The number of Topliss-reactive ketones (excluding diaryl/α,β-unsaturated/α-hetero) is 4. The number of carbonyl (C=O) groups excluding carboxylic acids is 12. The van der Waals surface area contributed by atoms with Crippen molar-refractivity contribution in [2.24, 2.45) is 5.92 Å². The molecule has 0 spiro atoms. The second kappa shape index (κ2) is 64.7. The fourth-order valence-electron chi connectivity index (χ4n) is 11.1. The summed E-state index contributed by atoms with van der Waals surface area (Å²) in [6, 6.07) is -0.896. The maximum absolute atomic E-state index is 13.2. The largest absolute Gasteiger partial charge is 0.396 e. The van der Waals surface area contributed by atoms with Gasteiger partial charge in [0.25, 0.3) is 29.5 Å². The van der Waals surface area contributed by atoms with Crippen molar-refractivity contribution < 1.29 is 144 Å². The first kappa shape index (κ1) is 126. The van der Waals surface area contributed by atoms with Crippen LogP contribution in [0, 0.1) is 48.8 Å². The van der Waals surface area contributed by atoms with Crippen molar-refractivity contribution in [3.05, 3.63) is 87.3 Å². The van der Waals surface area contributed by atoms with E-state index in [2.05, 4.69) is 26.6 Å². The Hall–Kier alpha value is -0.600. The van der Waals surface area contributed by atoms with Crippen molar-refractivity contribution in [2.45, 2.75) is 174 Å². The average molecular weight is 3170 g/mol. The molecule has 8 unspecified atom stereocenters. The van der Waals surface area contributed by atoms with Crippen molar-refractivity contribution in [1.29, 1.82) is 0 Å². The number of anilines is 4. The summed E-state index contributed by atoms with van der Waals surface area (Å²) in [5, 5.41) is 165. The molecule has 0 fully saturated rings. The fraction of sp³-hybridized carbons (Fsp3) is 0.550. The van der Waals surface area contributed by atoms with E-state index in [0.29, 0.717) is 85.3 Å². The number of aliphatic hydroxyl groups excluding tert-OH is 16. The lowest BCUT2D eigenvalue weighted by molar-refractivity contribution is -0.123. The Labute approximate surface area is 910 Å². The van der Waals surface area contributed by atoms with E-state index in [-0.39, 0.29) is 177 Å². The Morgan fingerprint density at radius 2 is 0.736 bits per heavy atom. The Balaban J connectivity index is 0.000000860. The molecule has 0 saturated heterocycles. The Kier molecular flexibility index (Phi) is 63.4. The lowest BCUT2D eigenvalue weighted by atomic mass is 9.95. The van der Waals surface area contributed by atoms with Crippen LogP contribution < -0.4 is 36.4 Å². The topological polar surface area (TPSA) is 608 Å². The molecule has 4 aromatic carbocycles. The molecule has 726 valence electrons. The smallest absolute Gasteiger partial charge is 0.255 e. The van der Waals surface area contributed by atoms with Crippen molar-refractivity contribution >= 4 is 364 Å². The summed E-state index contributed by atoms with van der Waals surface area (Å²) in [5.41, 5.74) is 2.66. The molecule has 49 heteroatoms. The Bertz CT molecular complexity index is 4430. The molecule has 0 aliphatic heterocycles. The number of ketones is 4. The standard InChI is InChI=1S/C21H29I3N2O8.C21H28I3NO7.C19H26I3N3O7.C19H25I3N2O7/c1-3-11(30)4-5-14(33)15-17(22)16(21(34)25-6-12(31)8-27)19(24)20(18(15)23)26(10(2)29)7-13(32)9-28;1-3-12(29)6-7-15(32)17-18(22)16(14(31)5-4-8-26)19(23)21(20(17)24)25(11(2)28)9-13(30)10-27;1-4-9(27)5-23-18(30)12-14(20)13(19(31)25(2)6-10(28)7-26)16(22)17(15(12)21)24-11(29)8-32-3;1-3-9(5-25)4-11(29)12-14(20)13(19(31)23-10(6-26)7-27)16(22)17(15(12)21)24-18(30)8(2)28/h11-13,27-28,30-32H,3-9H2,1-2H3,(H,25,34);12-13,26-27,29-30H,3-10H2,1-2H3;9-10,26-28H,4-8H2,1-3H3,(H,23,30)(H,24,29);8-10,25-28H,3-7H2,1-2H3,(H,23,31)(H,24,30)/t;;;8-,9?/m...0/s1. The molecule has 0 radical (unpaired) electrons. The van der Waals surface area contributed by atoms with Gasteiger partial charge < -0.3 is 128 Å². The lowest BCUT2D eigenvalue weighted by Gasteiger charge is -2.28. The normalized spacial score (nSPS) is 13.2. The van der Waals surface area contributed by atoms with Crippen LogP contribution in [0.3, 0.4) is 0 Å². The van der Waals surface area contributed by atoms with Crippen LogP contribution >= 0.6 is 271 Å². The van der Waals surface area contributed by atoms with Gasteiger partial charge in [-0.25, -0.2) is 0 Å². The number of amides is 8.